The molecule has 1 amide bonds. The number of benzene rings is 3. The Kier molecular flexibility index (Phi) is 6.25. The van der Waals surface area contributed by atoms with E-state index in [4.69, 9.17) is 0 Å². The normalized spacial score (nSPS) is 13.2. The highest BCUT2D eigenvalue weighted by molar-refractivity contribution is 5.80. The van der Waals surface area contributed by atoms with E-state index >= 15 is 0 Å². The Labute approximate surface area is 173 Å². The fourth-order valence-corrected chi connectivity index (χ4v) is 4.13. The molecule has 29 heavy (non-hydrogen) atoms. The molecular formula is C26H28N2O. The third-order valence-corrected chi connectivity index (χ3v) is 5.63. The second-order valence-corrected chi connectivity index (χ2v) is 7.66. The van der Waals surface area contributed by atoms with Crippen LogP contribution < -0.4 is 10.4 Å². The zero-order valence-electron chi connectivity index (χ0n) is 16.8. The first kappa shape index (κ1) is 19.3. The van der Waals surface area contributed by atoms with Crippen LogP contribution in [0.4, 0.5) is 11.4 Å². The number of fused-ring (bicyclic) bond motifs is 1. The number of hydrazine groups is 1. The van der Waals surface area contributed by atoms with E-state index in [0.717, 1.165) is 24.2 Å². The summed E-state index contributed by atoms with van der Waals surface area (Å²) in [6, 6.07) is 26.5. The van der Waals surface area contributed by atoms with Gasteiger partial charge in [-0.3, -0.25) is 15.2 Å². The van der Waals surface area contributed by atoms with Gasteiger partial charge in [0.25, 0.3) is 0 Å². The van der Waals surface area contributed by atoms with E-state index in [0.29, 0.717) is 6.42 Å². The van der Waals surface area contributed by atoms with Crippen LogP contribution in [0.2, 0.25) is 0 Å². The van der Waals surface area contributed by atoms with Crippen molar-refractivity contribution in [1.29, 1.82) is 0 Å². The topological polar surface area (TPSA) is 32.3 Å². The van der Waals surface area contributed by atoms with Crippen LogP contribution in [0.1, 0.15) is 42.4 Å². The molecule has 1 aliphatic carbocycles. The van der Waals surface area contributed by atoms with Crippen LogP contribution in [0.5, 0.6) is 0 Å². The lowest BCUT2D eigenvalue weighted by Gasteiger charge is -2.25. The van der Waals surface area contributed by atoms with Gasteiger partial charge in [-0.2, -0.15) is 0 Å². The molecule has 3 nitrogen and oxygen atoms in total. The molecule has 0 aliphatic heterocycles. The van der Waals surface area contributed by atoms with Crippen LogP contribution in [-0.4, -0.2) is 5.91 Å². The Morgan fingerprint density at radius 3 is 2.10 bits per heavy atom. The lowest BCUT2D eigenvalue weighted by atomic mass is 9.94. The highest BCUT2D eigenvalue weighted by Crippen LogP contribution is 2.25. The molecule has 0 saturated heterocycles. The van der Waals surface area contributed by atoms with Gasteiger partial charge in [-0.05, 0) is 73.1 Å². The number of hydrogen-bond donors (Lipinski definition) is 1. The highest BCUT2D eigenvalue weighted by atomic mass is 16.2. The Morgan fingerprint density at radius 2 is 1.41 bits per heavy atom. The zero-order chi connectivity index (χ0) is 19.9. The quantitative estimate of drug-likeness (QED) is 0.433. The van der Waals surface area contributed by atoms with E-state index < -0.39 is 0 Å². The zero-order valence-corrected chi connectivity index (χ0v) is 16.8. The first-order valence-corrected chi connectivity index (χ1v) is 10.6. The monoisotopic (exact) mass is 384 g/mol. The van der Waals surface area contributed by atoms with Crippen LogP contribution >= 0.6 is 0 Å². The van der Waals surface area contributed by atoms with E-state index in [1.807, 2.05) is 65.7 Å². The van der Waals surface area contributed by atoms with Crippen molar-refractivity contribution < 1.29 is 4.79 Å². The minimum absolute atomic E-state index is 0.0314. The number of anilines is 2. The molecule has 3 heteroatoms. The van der Waals surface area contributed by atoms with Crippen molar-refractivity contribution in [2.24, 2.45) is 0 Å². The highest BCUT2D eigenvalue weighted by Gasteiger charge is 2.15. The number of hydrogen-bond acceptors (Lipinski definition) is 2. The summed E-state index contributed by atoms with van der Waals surface area (Å²) in [5.74, 6) is 0.0314. The van der Waals surface area contributed by atoms with Crippen LogP contribution in [0.15, 0.2) is 78.9 Å². The Bertz CT molecular complexity index is 898. The number of amides is 1. The van der Waals surface area contributed by atoms with Crippen molar-refractivity contribution in [3.05, 3.63) is 95.6 Å². The first-order chi connectivity index (χ1) is 14.3. The van der Waals surface area contributed by atoms with Crippen molar-refractivity contribution in [2.75, 3.05) is 5.01 Å². The average molecular weight is 385 g/mol. The molecule has 0 aromatic heterocycles. The van der Waals surface area contributed by atoms with Gasteiger partial charge in [0.2, 0.25) is 5.91 Å². The number of nitrogens with one attached hydrogen (secondary N) is 1. The van der Waals surface area contributed by atoms with Crippen LogP contribution in [0.3, 0.4) is 0 Å². The molecule has 4 rings (SSSR count). The minimum atomic E-state index is 0.0314. The fourth-order valence-electron chi connectivity index (χ4n) is 4.13. The Balaban J connectivity index is 1.47. The van der Waals surface area contributed by atoms with E-state index in [1.54, 1.807) is 0 Å². The summed E-state index contributed by atoms with van der Waals surface area (Å²) in [5, 5.41) is 1.87. The van der Waals surface area contributed by atoms with Crippen LogP contribution in [0.25, 0.3) is 0 Å². The molecule has 0 saturated carbocycles. The Morgan fingerprint density at radius 1 is 0.759 bits per heavy atom. The third kappa shape index (κ3) is 4.86. The van der Waals surface area contributed by atoms with Crippen molar-refractivity contribution >= 4 is 17.3 Å². The predicted molar refractivity (Wildman–Crippen MR) is 119 cm³/mol. The maximum Gasteiger partial charge on any atom is 0.239 e. The van der Waals surface area contributed by atoms with Gasteiger partial charge in [0, 0.05) is 6.42 Å². The SMILES string of the molecule is O=C(CCc1cccc2c1CCCCC2)NN(c1ccccc1)c1ccccc1. The molecule has 1 aliphatic rings. The maximum atomic E-state index is 12.9. The molecule has 0 radical (unpaired) electrons. The van der Waals surface area contributed by atoms with E-state index in [1.165, 1.54) is 42.4 Å². The molecule has 0 fully saturated rings. The van der Waals surface area contributed by atoms with Gasteiger partial charge in [0.05, 0.1) is 11.4 Å². The average Bonchev–Trinajstić information content (AvgIpc) is 3.03. The van der Waals surface area contributed by atoms with Gasteiger partial charge >= 0.3 is 0 Å². The second kappa shape index (κ2) is 9.42. The molecule has 0 heterocycles. The number of nitrogens with zero attached hydrogens (tertiary/aromatic N) is 1. The van der Waals surface area contributed by atoms with Crippen LogP contribution in [0, 0.1) is 0 Å². The molecule has 0 atom stereocenters. The molecule has 3 aromatic rings. The predicted octanol–water partition coefficient (Wildman–Crippen LogP) is 5.76. The summed E-state index contributed by atoms with van der Waals surface area (Å²) >= 11 is 0. The largest absolute Gasteiger partial charge is 0.273 e. The number of carbonyl (C=O) groups is 1. The number of para-hydroxylation sites is 2. The van der Waals surface area contributed by atoms with Gasteiger partial charge in [0.15, 0.2) is 0 Å². The number of aryl methyl sites for hydroxylation is 2. The molecule has 148 valence electrons. The van der Waals surface area contributed by atoms with Gasteiger partial charge in [0.1, 0.15) is 0 Å². The second-order valence-electron chi connectivity index (χ2n) is 7.66. The minimum Gasteiger partial charge on any atom is -0.273 e. The van der Waals surface area contributed by atoms with E-state index in [9.17, 15) is 4.79 Å². The van der Waals surface area contributed by atoms with Gasteiger partial charge in [-0.25, -0.2) is 0 Å². The molecule has 0 spiro atoms. The van der Waals surface area contributed by atoms with E-state index in [2.05, 4.69) is 23.6 Å². The number of carbonyl (C=O) groups excluding carboxylic acids is 1. The van der Waals surface area contributed by atoms with Gasteiger partial charge < -0.3 is 0 Å². The van der Waals surface area contributed by atoms with Gasteiger partial charge in [-0.1, -0.05) is 61.0 Å². The smallest absolute Gasteiger partial charge is 0.239 e. The fraction of sp³-hybridized carbons (Fsp3) is 0.269. The van der Waals surface area contributed by atoms with Crippen molar-refractivity contribution in [3.8, 4) is 0 Å². The summed E-state index contributed by atoms with van der Waals surface area (Å²) in [4.78, 5) is 12.9. The summed E-state index contributed by atoms with van der Waals surface area (Å²) in [6.07, 6.45) is 7.42. The molecule has 0 unspecified atom stereocenters. The maximum absolute atomic E-state index is 12.9. The summed E-state index contributed by atoms with van der Waals surface area (Å²) in [5.41, 5.74) is 9.30. The third-order valence-electron chi connectivity index (χ3n) is 5.63. The molecule has 3 aromatic carbocycles. The molecular weight excluding hydrogens is 356 g/mol. The summed E-state index contributed by atoms with van der Waals surface area (Å²) < 4.78 is 0. The van der Waals surface area contributed by atoms with Crippen molar-refractivity contribution in [1.82, 2.24) is 5.43 Å². The first-order valence-electron chi connectivity index (χ1n) is 10.6. The molecule has 0 bridgehead atoms. The Hall–Kier alpha value is -3.07. The lowest BCUT2D eigenvalue weighted by molar-refractivity contribution is -0.121. The summed E-state index contributed by atoms with van der Waals surface area (Å²) in [6.45, 7) is 0. The van der Waals surface area contributed by atoms with Crippen molar-refractivity contribution in [2.45, 2.75) is 44.9 Å². The molecule has 1 N–H and O–H groups in total. The number of rotatable bonds is 6. The lowest BCUT2D eigenvalue weighted by Crippen LogP contribution is -2.39. The van der Waals surface area contributed by atoms with E-state index in [-0.39, 0.29) is 5.91 Å². The van der Waals surface area contributed by atoms with Gasteiger partial charge in [-0.15, -0.1) is 0 Å². The van der Waals surface area contributed by atoms with Crippen molar-refractivity contribution in [3.63, 3.8) is 0 Å². The standard InChI is InChI=1S/C26H28N2O/c29-26(20-19-22-13-10-12-21-11-4-1-9-18-25(21)22)27-28(23-14-5-2-6-15-23)24-16-7-3-8-17-24/h2-3,5-8,10,12-17H,1,4,9,11,18-20H2,(H,27,29). The summed E-state index contributed by atoms with van der Waals surface area (Å²) in [7, 11) is 0. The van der Waals surface area contributed by atoms with Crippen LogP contribution in [-0.2, 0) is 24.1 Å².